The van der Waals surface area contributed by atoms with Crippen LogP contribution in [0.5, 0.6) is 0 Å². The Morgan fingerprint density at radius 3 is 2.29 bits per heavy atom. The van der Waals surface area contributed by atoms with Crippen LogP contribution in [0.3, 0.4) is 0 Å². The Hall–Kier alpha value is -1.06. The van der Waals surface area contributed by atoms with Crippen molar-refractivity contribution in [2.75, 3.05) is 0 Å². The lowest BCUT2D eigenvalue weighted by Crippen LogP contribution is -2.44. The molecular weight excluding hydrogens is 180 g/mol. The summed E-state index contributed by atoms with van der Waals surface area (Å²) in [5.74, 6) is -0.263. The third-order valence-electron chi connectivity index (χ3n) is 2.65. The summed E-state index contributed by atoms with van der Waals surface area (Å²) >= 11 is 0. The Morgan fingerprint density at radius 1 is 1.36 bits per heavy atom. The van der Waals surface area contributed by atoms with Crippen LogP contribution in [0.4, 0.5) is 4.79 Å². The van der Waals surface area contributed by atoms with Gasteiger partial charge in [-0.2, -0.15) is 0 Å². The molecule has 14 heavy (non-hydrogen) atoms. The Balaban J connectivity index is 4.34. The lowest BCUT2D eigenvalue weighted by Gasteiger charge is -2.25. The van der Waals surface area contributed by atoms with Gasteiger partial charge in [0, 0.05) is 5.41 Å². The maximum Gasteiger partial charge on any atom is 0.318 e. The molecule has 0 spiro atoms. The number of hydrogen-bond acceptors (Lipinski definition) is 2. The van der Waals surface area contributed by atoms with Gasteiger partial charge in [-0.05, 0) is 12.8 Å². The summed E-state index contributed by atoms with van der Waals surface area (Å²) in [5, 5.41) is 2.14. The van der Waals surface area contributed by atoms with Crippen LogP contribution in [0.15, 0.2) is 0 Å². The summed E-state index contributed by atoms with van der Waals surface area (Å²) in [6.07, 6.45) is 3.53. The molecule has 3 N–H and O–H groups in total. The molecule has 1 unspecified atom stereocenters. The highest BCUT2D eigenvalue weighted by molar-refractivity contribution is 5.96. The van der Waals surface area contributed by atoms with E-state index < -0.39 is 11.4 Å². The SMILES string of the molecule is CCCCC(C)(CC)C(=O)NC(N)=O. The van der Waals surface area contributed by atoms with Crippen molar-refractivity contribution in [3.63, 3.8) is 0 Å². The van der Waals surface area contributed by atoms with E-state index >= 15 is 0 Å². The van der Waals surface area contributed by atoms with E-state index in [9.17, 15) is 9.59 Å². The highest BCUT2D eigenvalue weighted by Crippen LogP contribution is 2.28. The number of unbranched alkanes of at least 4 members (excludes halogenated alkanes) is 1. The molecule has 0 aromatic heterocycles. The number of nitrogens with two attached hydrogens (primary N) is 1. The maximum absolute atomic E-state index is 11.6. The lowest BCUT2D eigenvalue weighted by atomic mass is 9.81. The minimum Gasteiger partial charge on any atom is -0.351 e. The van der Waals surface area contributed by atoms with Gasteiger partial charge >= 0.3 is 6.03 Å². The smallest absolute Gasteiger partial charge is 0.318 e. The van der Waals surface area contributed by atoms with Crippen molar-refractivity contribution in [2.24, 2.45) is 11.1 Å². The van der Waals surface area contributed by atoms with Crippen LogP contribution in [-0.4, -0.2) is 11.9 Å². The van der Waals surface area contributed by atoms with E-state index in [1.165, 1.54) is 0 Å². The number of rotatable bonds is 5. The predicted octanol–water partition coefficient (Wildman–Crippen LogP) is 1.79. The van der Waals surface area contributed by atoms with Crippen molar-refractivity contribution < 1.29 is 9.59 Å². The van der Waals surface area contributed by atoms with Crippen molar-refractivity contribution in [1.29, 1.82) is 0 Å². The molecule has 0 rings (SSSR count). The summed E-state index contributed by atoms with van der Waals surface area (Å²) in [7, 11) is 0. The van der Waals surface area contributed by atoms with Crippen LogP contribution in [0, 0.1) is 5.41 Å². The van der Waals surface area contributed by atoms with Gasteiger partial charge in [0.25, 0.3) is 0 Å². The molecule has 0 saturated carbocycles. The average Bonchev–Trinajstić information content (AvgIpc) is 2.13. The van der Waals surface area contributed by atoms with E-state index in [0.29, 0.717) is 6.42 Å². The van der Waals surface area contributed by atoms with E-state index in [-0.39, 0.29) is 5.91 Å². The van der Waals surface area contributed by atoms with Crippen LogP contribution in [-0.2, 0) is 4.79 Å². The molecule has 1 atom stereocenters. The van der Waals surface area contributed by atoms with Gasteiger partial charge in [-0.1, -0.05) is 33.6 Å². The Kier molecular flexibility index (Phi) is 5.20. The highest BCUT2D eigenvalue weighted by Gasteiger charge is 2.31. The second kappa shape index (κ2) is 5.62. The lowest BCUT2D eigenvalue weighted by molar-refractivity contribution is -0.129. The second-order valence-corrected chi connectivity index (χ2v) is 3.84. The monoisotopic (exact) mass is 200 g/mol. The molecule has 4 nitrogen and oxygen atoms in total. The van der Waals surface area contributed by atoms with Gasteiger partial charge < -0.3 is 5.73 Å². The van der Waals surface area contributed by atoms with Crippen LogP contribution in [0.2, 0.25) is 0 Å². The largest absolute Gasteiger partial charge is 0.351 e. The van der Waals surface area contributed by atoms with Gasteiger partial charge in [0.2, 0.25) is 5.91 Å². The summed E-state index contributed by atoms with van der Waals surface area (Å²) in [6, 6.07) is -0.772. The molecule has 82 valence electrons. The van der Waals surface area contributed by atoms with E-state index in [1.54, 1.807) is 0 Å². The third-order valence-corrected chi connectivity index (χ3v) is 2.65. The maximum atomic E-state index is 11.6. The Labute approximate surface area is 85.2 Å². The first-order valence-electron chi connectivity index (χ1n) is 5.07. The molecular formula is C10H20N2O2. The highest BCUT2D eigenvalue weighted by atomic mass is 16.2. The second-order valence-electron chi connectivity index (χ2n) is 3.84. The minimum absolute atomic E-state index is 0.263. The molecule has 0 aliphatic heterocycles. The first-order chi connectivity index (χ1) is 6.46. The number of hydrogen-bond donors (Lipinski definition) is 2. The predicted molar refractivity (Wildman–Crippen MR) is 55.6 cm³/mol. The fraction of sp³-hybridized carbons (Fsp3) is 0.800. The molecule has 0 aliphatic rings. The molecule has 0 bridgehead atoms. The molecule has 0 heterocycles. The number of imide groups is 1. The molecule has 4 heteroatoms. The zero-order chi connectivity index (χ0) is 11.2. The number of amides is 3. The van der Waals surface area contributed by atoms with Gasteiger partial charge in [-0.3, -0.25) is 10.1 Å². The average molecular weight is 200 g/mol. The number of carbonyl (C=O) groups excluding carboxylic acids is 2. The van der Waals surface area contributed by atoms with Crippen molar-refractivity contribution in [2.45, 2.75) is 46.5 Å². The zero-order valence-electron chi connectivity index (χ0n) is 9.22. The molecule has 3 amide bonds. The molecule has 0 aromatic rings. The topological polar surface area (TPSA) is 72.2 Å². The van der Waals surface area contributed by atoms with Crippen LogP contribution in [0.1, 0.15) is 46.5 Å². The van der Waals surface area contributed by atoms with E-state index in [2.05, 4.69) is 12.2 Å². The number of nitrogens with one attached hydrogen (secondary N) is 1. The number of carbonyl (C=O) groups is 2. The first-order valence-corrected chi connectivity index (χ1v) is 5.07. The minimum atomic E-state index is -0.772. The normalized spacial score (nSPS) is 14.5. The molecule has 0 saturated heterocycles. The van der Waals surface area contributed by atoms with Crippen molar-refractivity contribution in [3.05, 3.63) is 0 Å². The summed E-state index contributed by atoms with van der Waals surface area (Å²) in [5.41, 5.74) is 4.44. The fourth-order valence-corrected chi connectivity index (χ4v) is 1.28. The van der Waals surface area contributed by atoms with Crippen molar-refractivity contribution >= 4 is 11.9 Å². The number of primary amides is 1. The number of urea groups is 1. The standard InChI is InChI=1S/C10H20N2O2/c1-4-6-7-10(3,5-2)8(13)12-9(11)14/h4-7H2,1-3H3,(H3,11,12,13,14). The quantitative estimate of drug-likeness (QED) is 0.710. The Bertz CT molecular complexity index is 216. The fourth-order valence-electron chi connectivity index (χ4n) is 1.28. The molecule has 0 fully saturated rings. The first kappa shape index (κ1) is 12.9. The van der Waals surface area contributed by atoms with E-state index in [0.717, 1.165) is 19.3 Å². The van der Waals surface area contributed by atoms with Crippen molar-refractivity contribution in [1.82, 2.24) is 5.32 Å². The van der Waals surface area contributed by atoms with E-state index in [4.69, 9.17) is 5.73 Å². The zero-order valence-corrected chi connectivity index (χ0v) is 9.22. The summed E-state index contributed by atoms with van der Waals surface area (Å²) < 4.78 is 0. The Morgan fingerprint density at radius 2 is 1.93 bits per heavy atom. The van der Waals surface area contributed by atoms with Gasteiger partial charge in [0.15, 0.2) is 0 Å². The summed E-state index contributed by atoms with van der Waals surface area (Å²) in [6.45, 7) is 5.87. The van der Waals surface area contributed by atoms with Gasteiger partial charge in [-0.25, -0.2) is 4.79 Å². The molecule has 0 radical (unpaired) electrons. The van der Waals surface area contributed by atoms with Crippen molar-refractivity contribution in [3.8, 4) is 0 Å². The van der Waals surface area contributed by atoms with Gasteiger partial charge in [-0.15, -0.1) is 0 Å². The molecule has 0 aromatic carbocycles. The van der Waals surface area contributed by atoms with Crippen LogP contribution in [0.25, 0.3) is 0 Å². The van der Waals surface area contributed by atoms with E-state index in [1.807, 2.05) is 13.8 Å². The van der Waals surface area contributed by atoms with Gasteiger partial charge in [0.05, 0.1) is 0 Å². The van der Waals surface area contributed by atoms with Crippen LogP contribution >= 0.6 is 0 Å². The third kappa shape index (κ3) is 3.77. The van der Waals surface area contributed by atoms with Gasteiger partial charge in [0.1, 0.15) is 0 Å². The summed E-state index contributed by atoms with van der Waals surface area (Å²) in [4.78, 5) is 22.1. The van der Waals surface area contributed by atoms with Crippen LogP contribution < -0.4 is 11.1 Å². The molecule has 0 aliphatic carbocycles.